The first-order chi connectivity index (χ1) is 14.1. The van der Waals surface area contributed by atoms with Gasteiger partial charge in [-0.15, -0.1) is 11.3 Å². The molecule has 0 aliphatic rings. The number of carbonyl (C=O) groups is 2. The maximum absolute atomic E-state index is 13.0. The van der Waals surface area contributed by atoms with Crippen molar-refractivity contribution < 1.29 is 14.0 Å². The van der Waals surface area contributed by atoms with E-state index in [2.05, 4.69) is 15.6 Å². The molecule has 0 bridgehead atoms. The second kappa shape index (κ2) is 8.20. The molecular formula is C22H16FN3O2S. The number of nitrogens with zero attached hydrogens (tertiary/aromatic N) is 1. The number of nitrogens with one attached hydrogen (secondary N) is 2. The zero-order valence-corrected chi connectivity index (χ0v) is 16.0. The Hall–Kier alpha value is -3.58. The summed E-state index contributed by atoms with van der Waals surface area (Å²) in [4.78, 5) is 28.9. The Morgan fingerprint density at radius 2 is 1.69 bits per heavy atom. The number of thiazole rings is 1. The lowest BCUT2D eigenvalue weighted by Gasteiger charge is -2.08. The van der Waals surface area contributed by atoms with Crippen LogP contribution in [0.3, 0.4) is 0 Å². The van der Waals surface area contributed by atoms with Crippen molar-refractivity contribution in [3.8, 4) is 0 Å². The fraction of sp³-hybridized carbons (Fsp3) is 0.0455. The van der Waals surface area contributed by atoms with E-state index in [9.17, 15) is 14.0 Å². The lowest BCUT2D eigenvalue weighted by Crippen LogP contribution is -2.15. The average molecular weight is 405 g/mol. The fourth-order valence-corrected chi connectivity index (χ4v) is 3.61. The Morgan fingerprint density at radius 1 is 0.931 bits per heavy atom. The van der Waals surface area contributed by atoms with Gasteiger partial charge in [-0.1, -0.05) is 36.4 Å². The largest absolute Gasteiger partial charge is 0.325 e. The first kappa shape index (κ1) is 18.8. The molecule has 1 heterocycles. The highest BCUT2D eigenvalue weighted by Crippen LogP contribution is 2.23. The maximum Gasteiger partial charge on any atom is 0.257 e. The molecule has 2 amide bonds. The van der Waals surface area contributed by atoms with Crippen molar-refractivity contribution >= 4 is 44.7 Å². The van der Waals surface area contributed by atoms with Gasteiger partial charge in [-0.05, 0) is 35.7 Å². The third-order valence-electron chi connectivity index (χ3n) is 4.28. The monoisotopic (exact) mass is 405 g/mol. The van der Waals surface area contributed by atoms with Gasteiger partial charge in [0, 0.05) is 22.0 Å². The second-order valence-corrected chi connectivity index (χ2v) is 7.21. The van der Waals surface area contributed by atoms with Crippen LogP contribution in [0, 0.1) is 5.82 Å². The highest BCUT2D eigenvalue weighted by atomic mass is 32.1. The van der Waals surface area contributed by atoms with Crippen molar-refractivity contribution in [2.45, 2.75) is 6.42 Å². The first-order valence-corrected chi connectivity index (χ1v) is 9.75. The van der Waals surface area contributed by atoms with Crippen LogP contribution in [0.15, 0.2) is 72.1 Å². The van der Waals surface area contributed by atoms with E-state index < -0.39 is 5.82 Å². The van der Waals surface area contributed by atoms with Crippen LogP contribution in [0.25, 0.3) is 10.8 Å². The standard InChI is InChI=1S/C22H16FN3O2S/c23-16-10-8-15(9-11-16)21(28)26-22-24-17(13-29-22)12-20(27)25-19-7-3-5-14-4-1-2-6-18(14)19/h1-11,13H,12H2,(H,25,27)(H,24,26,28). The van der Waals surface area contributed by atoms with Crippen LogP contribution in [0.1, 0.15) is 16.1 Å². The number of carbonyl (C=O) groups excluding carboxylic acids is 2. The van der Waals surface area contributed by atoms with Crippen molar-refractivity contribution in [2.75, 3.05) is 10.6 Å². The molecule has 7 heteroatoms. The molecular weight excluding hydrogens is 389 g/mol. The summed E-state index contributed by atoms with van der Waals surface area (Å²) < 4.78 is 13.0. The normalized spacial score (nSPS) is 10.7. The van der Waals surface area contributed by atoms with Gasteiger partial charge in [0.2, 0.25) is 5.91 Å². The molecule has 0 atom stereocenters. The lowest BCUT2D eigenvalue weighted by atomic mass is 10.1. The molecule has 0 aliphatic heterocycles. The highest BCUT2D eigenvalue weighted by molar-refractivity contribution is 7.14. The molecule has 5 nitrogen and oxygen atoms in total. The Morgan fingerprint density at radius 3 is 2.52 bits per heavy atom. The third-order valence-corrected chi connectivity index (χ3v) is 5.09. The van der Waals surface area contributed by atoms with Crippen molar-refractivity contribution in [1.29, 1.82) is 0 Å². The van der Waals surface area contributed by atoms with Crippen LogP contribution >= 0.6 is 11.3 Å². The maximum atomic E-state index is 13.0. The van der Waals surface area contributed by atoms with E-state index >= 15 is 0 Å². The predicted octanol–water partition coefficient (Wildman–Crippen LogP) is 4.87. The van der Waals surface area contributed by atoms with Crippen molar-refractivity contribution in [1.82, 2.24) is 4.98 Å². The van der Waals surface area contributed by atoms with Gasteiger partial charge in [0.1, 0.15) is 5.82 Å². The summed E-state index contributed by atoms with van der Waals surface area (Å²) in [6.45, 7) is 0. The molecule has 0 saturated carbocycles. The summed E-state index contributed by atoms with van der Waals surface area (Å²) in [7, 11) is 0. The summed E-state index contributed by atoms with van der Waals surface area (Å²) in [5, 5.41) is 9.70. The molecule has 29 heavy (non-hydrogen) atoms. The zero-order chi connectivity index (χ0) is 20.2. The van der Waals surface area contributed by atoms with Crippen LogP contribution in [-0.2, 0) is 11.2 Å². The molecule has 0 radical (unpaired) electrons. The van der Waals surface area contributed by atoms with E-state index in [0.717, 1.165) is 16.5 Å². The highest BCUT2D eigenvalue weighted by Gasteiger charge is 2.12. The molecule has 4 aromatic rings. The molecule has 4 rings (SSSR count). The van der Waals surface area contributed by atoms with Crippen molar-refractivity contribution in [3.05, 3.63) is 89.2 Å². The number of halogens is 1. The van der Waals surface area contributed by atoms with Gasteiger partial charge in [-0.3, -0.25) is 14.9 Å². The first-order valence-electron chi connectivity index (χ1n) is 8.87. The number of hydrogen-bond acceptors (Lipinski definition) is 4. The molecule has 2 N–H and O–H groups in total. The third kappa shape index (κ3) is 4.47. The number of anilines is 2. The van der Waals surface area contributed by atoms with Crippen LogP contribution in [0.5, 0.6) is 0 Å². The van der Waals surface area contributed by atoms with Gasteiger partial charge >= 0.3 is 0 Å². The van der Waals surface area contributed by atoms with E-state index in [-0.39, 0.29) is 18.2 Å². The van der Waals surface area contributed by atoms with Crippen molar-refractivity contribution in [3.63, 3.8) is 0 Å². The van der Waals surface area contributed by atoms with Gasteiger partial charge in [0.25, 0.3) is 5.91 Å². The van der Waals surface area contributed by atoms with Gasteiger partial charge in [-0.25, -0.2) is 9.37 Å². The zero-order valence-electron chi connectivity index (χ0n) is 15.2. The second-order valence-electron chi connectivity index (χ2n) is 6.36. The summed E-state index contributed by atoms with van der Waals surface area (Å²) in [6.07, 6.45) is 0.0894. The Kier molecular flexibility index (Phi) is 5.31. The van der Waals surface area contributed by atoms with Crippen LogP contribution in [-0.4, -0.2) is 16.8 Å². The molecule has 0 aliphatic carbocycles. The minimum atomic E-state index is -0.407. The SMILES string of the molecule is O=C(Cc1csc(NC(=O)c2ccc(F)cc2)n1)Nc1cccc2ccccc12. The molecule has 144 valence electrons. The van der Waals surface area contributed by atoms with E-state index in [1.165, 1.54) is 35.6 Å². The Bertz CT molecular complexity index is 1180. The fourth-order valence-electron chi connectivity index (χ4n) is 2.91. The minimum absolute atomic E-state index is 0.0894. The summed E-state index contributed by atoms with van der Waals surface area (Å²) >= 11 is 1.23. The smallest absolute Gasteiger partial charge is 0.257 e. The van der Waals surface area contributed by atoms with Gasteiger partial charge in [0.15, 0.2) is 5.13 Å². The Balaban J connectivity index is 1.40. The van der Waals surface area contributed by atoms with Gasteiger partial charge in [-0.2, -0.15) is 0 Å². The van der Waals surface area contributed by atoms with Gasteiger partial charge < -0.3 is 5.32 Å². The van der Waals surface area contributed by atoms with Crippen molar-refractivity contribution in [2.24, 2.45) is 0 Å². The average Bonchev–Trinajstić information content (AvgIpc) is 3.15. The number of amides is 2. The number of rotatable bonds is 5. The predicted molar refractivity (Wildman–Crippen MR) is 113 cm³/mol. The molecule has 3 aromatic carbocycles. The number of aromatic nitrogens is 1. The minimum Gasteiger partial charge on any atom is -0.325 e. The van der Waals surface area contributed by atoms with Crippen LogP contribution in [0.2, 0.25) is 0 Å². The number of fused-ring (bicyclic) bond motifs is 1. The molecule has 0 saturated heterocycles. The number of benzene rings is 3. The van der Waals surface area contributed by atoms with Gasteiger partial charge in [0.05, 0.1) is 12.1 Å². The topological polar surface area (TPSA) is 71.1 Å². The van der Waals surface area contributed by atoms with E-state index in [1.54, 1.807) is 5.38 Å². The van der Waals surface area contributed by atoms with Crippen LogP contribution < -0.4 is 10.6 Å². The van der Waals surface area contributed by atoms with Crippen LogP contribution in [0.4, 0.5) is 15.2 Å². The quantitative estimate of drug-likeness (QED) is 0.498. The molecule has 0 spiro atoms. The summed E-state index contributed by atoms with van der Waals surface area (Å²) in [5.41, 5.74) is 1.63. The lowest BCUT2D eigenvalue weighted by molar-refractivity contribution is -0.115. The van der Waals surface area contributed by atoms with E-state index in [0.29, 0.717) is 16.4 Å². The summed E-state index contributed by atoms with van der Waals surface area (Å²) in [6, 6.07) is 18.8. The molecule has 0 unspecified atom stereocenters. The summed E-state index contributed by atoms with van der Waals surface area (Å²) in [5.74, 6) is -0.982. The molecule has 0 fully saturated rings. The number of hydrogen-bond donors (Lipinski definition) is 2. The molecule has 1 aromatic heterocycles. The van der Waals surface area contributed by atoms with E-state index in [1.807, 2.05) is 42.5 Å². The van der Waals surface area contributed by atoms with E-state index in [4.69, 9.17) is 0 Å². The Labute approximate surface area is 170 Å².